The summed E-state index contributed by atoms with van der Waals surface area (Å²) < 4.78 is 5.69. The Balaban J connectivity index is 1.89. The first-order chi connectivity index (χ1) is 55.6. The van der Waals surface area contributed by atoms with Crippen LogP contribution in [0.25, 0.3) is 10.9 Å². The molecule has 1 aliphatic rings. The number of rotatable bonds is 36. The Labute approximate surface area is 674 Å². The molecule has 0 bridgehead atoms. The summed E-state index contributed by atoms with van der Waals surface area (Å²) in [5.74, 6) is -30.9. The number of hydrogen-bond donors (Lipinski definition) is 22. The molecular formula is C74H104N18O26. The molecule has 1 aromatic heterocycles. The van der Waals surface area contributed by atoms with Crippen molar-refractivity contribution in [2.75, 3.05) is 25.4 Å². The van der Waals surface area contributed by atoms with E-state index >= 15 is 0 Å². The number of carboxylic acids is 4. The molecule has 2 heterocycles. The zero-order valence-electron chi connectivity index (χ0n) is 65.5. The molecule has 118 heavy (non-hydrogen) atoms. The zero-order valence-corrected chi connectivity index (χ0v) is 65.5. The lowest BCUT2D eigenvalue weighted by Crippen LogP contribution is -2.62. The van der Waals surface area contributed by atoms with Gasteiger partial charge in [0.2, 0.25) is 88.6 Å². The smallest absolute Gasteiger partial charge is 0.329 e. The Bertz CT molecular complexity index is 4190. The number of ether oxygens (including phenoxy) is 1. The third kappa shape index (κ3) is 33.3. The van der Waals surface area contributed by atoms with Gasteiger partial charge in [-0.2, -0.15) is 0 Å². The van der Waals surface area contributed by atoms with Crippen LogP contribution in [-0.2, 0) is 107 Å². The fraction of sp³-hybridized carbons (Fsp3) is 0.527. The number of ketones is 1. The van der Waals surface area contributed by atoms with Crippen LogP contribution in [-0.4, -0.2) is 242 Å². The second-order valence-electron chi connectivity index (χ2n) is 28.3. The number of aromatic amines is 1. The van der Waals surface area contributed by atoms with E-state index in [1.165, 1.54) is 24.3 Å². The van der Waals surface area contributed by atoms with Crippen molar-refractivity contribution in [3.8, 4) is 0 Å². The summed E-state index contributed by atoms with van der Waals surface area (Å²) in [5, 5.41) is 68.4. The van der Waals surface area contributed by atoms with Gasteiger partial charge in [-0.15, -0.1) is 0 Å². The molecule has 0 spiro atoms. The molecule has 0 saturated carbocycles. The van der Waals surface area contributed by atoms with Gasteiger partial charge in [-0.05, 0) is 75.3 Å². The minimum absolute atomic E-state index is 0.0279. The highest BCUT2D eigenvalue weighted by molar-refractivity contribution is 6.05. The van der Waals surface area contributed by atoms with Gasteiger partial charge < -0.3 is 122 Å². The van der Waals surface area contributed by atoms with Crippen LogP contribution in [0.1, 0.15) is 153 Å². The number of anilines is 1. The van der Waals surface area contributed by atoms with Crippen LogP contribution in [0.2, 0.25) is 0 Å². The number of carbonyl (C=O) groups is 21. The molecule has 2 aromatic carbocycles. The minimum Gasteiger partial charge on any atom is -0.481 e. The zero-order chi connectivity index (χ0) is 88.2. The van der Waals surface area contributed by atoms with Gasteiger partial charge in [0.15, 0.2) is 5.78 Å². The number of carboxylic acid groups (broad SMARTS) is 4. The predicted molar refractivity (Wildman–Crippen MR) is 412 cm³/mol. The lowest BCUT2D eigenvalue weighted by atomic mass is 9.95. The first-order valence-electron chi connectivity index (χ1n) is 37.7. The fourth-order valence-corrected chi connectivity index (χ4v) is 12.0. The molecule has 0 aliphatic carbocycles. The quantitative estimate of drug-likeness (QED) is 0.0112. The number of aromatic nitrogens is 1. The average molecular weight is 1660 g/mol. The van der Waals surface area contributed by atoms with E-state index in [1.54, 1.807) is 30.5 Å². The van der Waals surface area contributed by atoms with Gasteiger partial charge in [-0.3, -0.25) is 95.9 Å². The minimum atomic E-state index is -2.47. The molecule has 1 aliphatic heterocycles. The van der Waals surface area contributed by atoms with Crippen molar-refractivity contribution in [2.45, 2.75) is 216 Å². The van der Waals surface area contributed by atoms with Crippen LogP contribution in [0.5, 0.6) is 0 Å². The molecule has 0 radical (unpaired) electrons. The van der Waals surface area contributed by atoms with Crippen molar-refractivity contribution in [3.63, 3.8) is 0 Å². The maximum Gasteiger partial charge on any atom is 0.329 e. The van der Waals surface area contributed by atoms with Crippen LogP contribution in [0.4, 0.5) is 5.69 Å². The summed E-state index contributed by atoms with van der Waals surface area (Å²) in [4.78, 5) is 290. The van der Waals surface area contributed by atoms with Crippen molar-refractivity contribution >= 4 is 141 Å². The molecule has 44 heteroatoms. The Morgan fingerprint density at radius 1 is 0.534 bits per heavy atom. The predicted octanol–water partition coefficient (Wildman–Crippen LogP) is -5.49. The van der Waals surface area contributed by atoms with Gasteiger partial charge in [-0.25, -0.2) is 4.79 Å². The number of cyclic esters (lactones) is 1. The number of fused-ring (bicyclic) bond motifs is 1. The molecule has 15 amide bonds. The summed E-state index contributed by atoms with van der Waals surface area (Å²) in [6.07, 6.45) is -4.75. The first-order valence-corrected chi connectivity index (χ1v) is 37.7. The number of nitrogen functional groups attached to an aromatic ring is 1. The monoisotopic (exact) mass is 1660 g/mol. The lowest BCUT2D eigenvalue weighted by molar-refractivity contribution is -0.156. The second kappa shape index (κ2) is 48.2. The number of benzene rings is 2. The number of Topliss-reactive ketones (excluding diaryl/α,β-unsaturated/α-hetero) is 1. The topological polar surface area (TPSA) is 725 Å². The van der Waals surface area contributed by atoms with Crippen LogP contribution >= 0.6 is 0 Å². The van der Waals surface area contributed by atoms with Gasteiger partial charge in [0.05, 0.1) is 51.6 Å². The highest BCUT2D eigenvalue weighted by Crippen LogP contribution is 2.22. The molecule has 26 N–H and O–H groups in total. The van der Waals surface area contributed by atoms with E-state index in [-0.39, 0.29) is 37.1 Å². The number of carbonyl (C=O) groups excluding carboxylic acids is 17. The van der Waals surface area contributed by atoms with Gasteiger partial charge in [-0.1, -0.05) is 83.2 Å². The Morgan fingerprint density at radius 2 is 1.08 bits per heavy atom. The van der Waals surface area contributed by atoms with E-state index in [1.807, 2.05) is 16.0 Å². The van der Waals surface area contributed by atoms with Crippen molar-refractivity contribution in [2.24, 2.45) is 29.0 Å². The van der Waals surface area contributed by atoms with E-state index in [0.29, 0.717) is 35.2 Å². The summed E-state index contributed by atoms with van der Waals surface area (Å²) in [7, 11) is 0. The number of esters is 1. The van der Waals surface area contributed by atoms with Crippen LogP contribution in [0, 0.1) is 11.8 Å². The standard InChI is InChI=1S/C74H104N18O26/c1-6-35(2)16-9-7-8-10-22-55(96)84-45(25-39-32-79-43-20-14-12-17-40(39)43)68(111)87-47(28-54(78)95)69(112)89-50(31-61(105)106)71(114)92-63-38(5)118-74(117)51(26-52(93)41-18-11-13-19-42(41)76)90-73(116)62(36(3)24-58(99)100)91-70(113)46(27-53(77)94)85-57(98)33-80-65(108)48(29-59(101)102)86-64(107)37(4)82-67(110)49(30-60(103)104)88-66(109)44(21-15-23-75)83-56(97)34-81-72(63)115/h11-14,17-20,32,35-38,44-51,62-63,79H,6-10,15-16,21-31,33-34,75-76H2,1-5H3,(H2,77,94)(H2,78,95)(H,80,108)(H,81,115)(H,82,110)(H,83,97)(H,84,96)(H,85,98)(H,86,107)(H,87,111)(H,88,109)(H,89,112)(H,90,116)(H,91,113)(H,92,114)(H,99,100)(H,101,102)(H,103,104)(H,105,106). The number of H-pyrrole nitrogens is 1. The summed E-state index contributed by atoms with van der Waals surface area (Å²) in [6, 6.07) is -10.8. The van der Waals surface area contributed by atoms with Crippen molar-refractivity contribution in [3.05, 3.63) is 65.9 Å². The van der Waals surface area contributed by atoms with Gasteiger partial charge in [0, 0.05) is 47.6 Å². The van der Waals surface area contributed by atoms with Crippen molar-refractivity contribution in [1.82, 2.24) is 74.1 Å². The fourth-order valence-electron chi connectivity index (χ4n) is 12.0. The highest BCUT2D eigenvalue weighted by atomic mass is 16.5. The molecule has 14 atom stereocenters. The molecule has 4 rings (SSSR count). The van der Waals surface area contributed by atoms with E-state index in [9.17, 15) is 121 Å². The number of aliphatic carboxylic acids is 4. The first kappa shape index (κ1) is 97.2. The summed E-state index contributed by atoms with van der Waals surface area (Å²) >= 11 is 0. The summed E-state index contributed by atoms with van der Waals surface area (Å²) in [5.41, 5.74) is 23.5. The molecule has 1 fully saturated rings. The van der Waals surface area contributed by atoms with Gasteiger partial charge in [0.1, 0.15) is 72.6 Å². The number of hydrogen-bond acceptors (Lipinski definition) is 24. The lowest BCUT2D eigenvalue weighted by Gasteiger charge is -2.30. The number of unbranched alkanes of at least 4 members (excludes halogenated alkanes) is 3. The van der Waals surface area contributed by atoms with E-state index in [2.05, 4.69) is 72.0 Å². The molecule has 44 nitrogen and oxygen atoms in total. The van der Waals surface area contributed by atoms with Crippen molar-refractivity contribution < 1.29 is 126 Å². The largest absolute Gasteiger partial charge is 0.481 e. The molecular weight excluding hydrogens is 1560 g/mol. The number of nitrogens with one attached hydrogen (secondary N) is 14. The number of amides is 15. The Kier molecular flexibility index (Phi) is 39.7. The van der Waals surface area contributed by atoms with E-state index < -0.39 is 267 Å². The second-order valence-corrected chi connectivity index (χ2v) is 28.3. The molecule has 14 unspecified atom stereocenters. The maximum absolute atomic E-state index is 14.9. The van der Waals surface area contributed by atoms with Crippen LogP contribution < -0.4 is 92.1 Å². The van der Waals surface area contributed by atoms with E-state index in [4.69, 9.17) is 27.7 Å². The van der Waals surface area contributed by atoms with E-state index in [0.717, 1.165) is 46.5 Å². The third-order valence-electron chi connectivity index (χ3n) is 18.6. The highest BCUT2D eigenvalue weighted by Gasteiger charge is 2.41. The average Bonchev–Trinajstić information content (AvgIpc) is 1.59. The Morgan fingerprint density at radius 3 is 1.68 bits per heavy atom. The molecule has 1 saturated heterocycles. The number of primary amides is 2. The molecule has 3 aromatic rings. The van der Waals surface area contributed by atoms with Crippen molar-refractivity contribution in [1.29, 1.82) is 0 Å². The number of para-hydroxylation sites is 2. The van der Waals surface area contributed by atoms with Crippen LogP contribution in [0.3, 0.4) is 0 Å². The maximum atomic E-state index is 14.9. The SMILES string of the molecule is CCC(C)CCCCCCC(=O)NC(Cc1c[nH]c2ccccc12)C(=O)NC(CC(N)=O)C(=O)NC(CC(=O)O)C(=O)NC1C(=O)NCC(=O)NC(CCCN)C(=O)NC(CC(=O)O)C(=O)NC(C)C(=O)NC(CC(=O)O)C(=O)NCC(=O)NC(CC(N)=O)C(=O)NC(C(C)CC(=O)O)C(=O)NC(CC(=O)c2ccccc2N)C(=O)OC1C. The third-order valence-corrected chi connectivity index (χ3v) is 18.6. The normalized spacial score (nSPS) is 21.2. The molecule has 646 valence electrons. The Hall–Kier alpha value is -13.2. The summed E-state index contributed by atoms with van der Waals surface area (Å²) in [6.45, 7) is 4.48. The van der Waals surface area contributed by atoms with Gasteiger partial charge >= 0.3 is 29.8 Å². The van der Waals surface area contributed by atoms with Gasteiger partial charge in [0.25, 0.3) is 0 Å². The van der Waals surface area contributed by atoms with Crippen LogP contribution in [0.15, 0.2) is 54.7 Å². The number of nitrogens with two attached hydrogens (primary N) is 4.